The van der Waals surface area contributed by atoms with Gasteiger partial charge in [-0.15, -0.1) is 0 Å². The van der Waals surface area contributed by atoms with E-state index in [1.54, 1.807) is 0 Å². The highest BCUT2D eigenvalue weighted by atomic mass is 32.1. The minimum absolute atomic E-state index is 0.0818. The second kappa shape index (κ2) is 9.51. The second-order valence-electron chi connectivity index (χ2n) is 6.86. The Morgan fingerprint density at radius 2 is 1.87 bits per heavy atom. The number of nitro groups is 1. The SMILES string of the molecule is COc1ccc(C(=O)NC(=S)Nc2ccccc2N2CCN(C)CC2)cc1[N+](=O)[O-]. The molecule has 3 rings (SSSR count). The van der Waals surface area contributed by atoms with Crippen LogP contribution >= 0.6 is 12.2 Å². The Labute approximate surface area is 179 Å². The Kier molecular flexibility index (Phi) is 6.80. The van der Waals surface area contributed by atoms with Gasteiger partial charge in [-0.1, -0.05) is 12.1 Å². The number of nitrogens with one attached hydrogen (secondary N) is 2. The molecule has 2 aromatic rings. The predicted molar refractivity (Wildman–Crippen MR) is 119 cm³/mol. The van der Waals surface area contributed by atoms with Gasteiger partial charge < -0.3 is 19.9 Å². The van der Waals surface area contributed by atoms with Crippen molar-refractivity contribution in [2.75, 3.05) is 50.6 Å². The van der Waals surface area contributed by atoms with Crippen LogP contribution in [0.1, 0.15) is 10.4 Å². The number of nitrogens with zero attached hydrogens (tertiary/aromatic N) is 3. The fourth-order valence-corrected chi connectivity index (χ4v) is 3.41. The number of amides is 1. The van der Waals surface area contributed by atoms with E-state index in [2.05, 4.69) is 27.5 Å². The normalized spacial score (nSPS) is 14.1. The van der Waals surface area contributed by atoms with Crippen molar-refractivity contribution in [1.82, 2.24) is 10.2 Å². The molecular weight excluding hydrogens is 406 g/mol. The first-order chi connectivity index (χ1) is 14.4. The number of para-hydroxylation sites is 2. The molecular formula is C20H23N5O4S. The molecule has 2 N–H and O–H groups in total. The Balaban J connectivity index is 1.70. The lowest BCUT2D eigenvalue weighted by molar-refractivity contribution is -0.385. The van der Waals surface area contributed by atoms with E-state index in [0.29, 0.717) is 0 Å². The van der Waals surface area contributed by atoms with Crippen molar-refractivity contribution < 1.29 is 14.5 Å². The molecule has 30 heavy (non-hydrogen) atoms. The molecule has 2 aromatic carbocycles. The Morgan fingerprint density at radius 3 is 2.53 bits per heavy atom. The first-order valence-corrected chi connectivity index (χ1v) is 9.77. The zero-order chi connectivity index (χ0) is 21.7. The number of piperazine rings is 1. The lowest BCUT2D eigenvalue weighted by Crippen LogP contribution is -2.45. The van der Waals surface area contributed by atoms with Gasteiger partial charge in [0.25, 0.3) is 5.91 Å². The molecule has 1 heterocycles. The molecule has 158 valence electrons. The highest BCUT2D eigenvalue weighted by molar-refractivity contribution is 7.80. The summed E-state index contributed by atoms with van der Waals surface area (Å²) in [7, 11) is 3.43. The van der Waals surface area contributed by atoms with E-state index in [0.717, 1.165) is 43.6 Å². The molecule has 9 nitrogen and oxygen atoms in total. The van der Waals surface area contributed by atoms with Gasteiger partial charge >= 0.3 is 5.69 Å². The molecule has 0 aromatic heterocycles. The van der Waals surface area contributed by atoms with Gasteiger partial charge in [-0.3, -0.25) is 20.2 Å². The number of anilines is 2. The number of hydrogen-bond donors (Lipinski definition) is 2. The summed E-state index contributed by atoms with van der Waals surface area (Å²) in [5.74, 6) is -0.464. The lowest BCUT2D eigenvalue weighted by atomic mass is 10.1. The van der Waals surface area contributed by atoms with Gasteiger partial charge in [0.2, 0.25) is 0 Å². The molecule has 0 unspecified atom stereocenters. The quantitative estimate of drug-likeness (QED) is 0.425. The maximum atomic E-state index is 12.5. The van der Waals surface area contributed by atoms with E-state index in [-0.39, 0.29) is 22.1 Å². The number of methoxy groups -OCH3 is 1. The zero-order valence-electron chi connectivity index (χ0n) is 16.8. The summed E-state index contributed by atoms with van der Waals surface area (Å²) in [6, 6.07) is 11.7. The maximum Gasteiger partial charge on any atom is 0.311 e. The van der Waals surface area contributed by atoms with Gasteiger partial charge in [0.05, 0.1) is 23.4 Å². The van der Waals surface area contributed by atoms with Crippen molar-refractivity contribution in [2.45, 2.75) is 0 Å². The molecule has 0 spiro atoms. The number of hydrogen-bond acceptors (Lipinski definition) is 7. The van der Waals surface area contributed by atoms with Crippen LogP contribution in [0, 0.1) is 10.1 Å². The number of rotatable bonds is 5. The van der Waals surface area contributed by atoms with Crippen molar-refractivity contribution >= 4 is 40.3 Å². The first kappa shape index (κ1) is 21.5. The van der Waals surface area contributed by atoms with Crippen LogP contribution in [0.3, 0.4) is 0 Å². The van der Waals surface area contributed by atoms with Gasteiger partial charge in [0.15, 0.2) is 10.9 Å². The number of ether oxygens (including phenoxy) is 1. The zero-order valence-corrected chi connectivity index (χ0v) is 17.6. The maximum absolute atomic E-state index is 12.5. The Bertz CT molecular complexity index is 960. The number of carbonyl (C=O) groups is 1. The third kappa shape index (κ3) is 5.02. The van der Waals surface area contributed by atoms with E-state index in [4.69, 9.17) is 17.0 Å². The fraction of sp³-hybridized carbons (Fsp3) is 0.300. The van der Waals surface area contributed by atoms with Gasteiger partial charge in [-0.05, 0) is 43.5 Å². The Morgan fingerprint density at radius 1 is 1.17 bits per heavy atom. The molecule has 10 heteroatoms. The molecule has 0 bridgehead atoms. The number of likely N-dealkylation sites (N-methyl/N-ethyl adjacent to an activating group) is 1. The van der Waals surface area contributed by atoms with E-state index < -0.39 is 10.8 Å². The number of carbonyl (C=O) groups excluding carboxylic acids is 1. The van der Waals surface area contributed by atoms with Gasteiger partial charge in [0, 0.05) is 37.8 Å². The van der Waals surface area contributed by atoms with Crippen LogP contribution in [0.15, 0.2) is 42.5 Å². The predicted octanol–water partition coefficient (Wildman–Crippen LogP) is 2.48. The first-order valence-electron chi connectivity index (χ1n) is 9.36. The summed E-state index contributed by atoms with van der Waals surface area (Å²) in [5.41, 5.74) is 1.61. The van der Waals surface area contributed by atoms with Crippen LogP contribution in [0.25, 0.3) is 0 Å². The summed E-state index contributed by atoms with van der Waals surface area (Å²) < 4.78 is 4.96. The fourth-order valence-electron chi connectivity index (χ4n) is 3.21. The topological polar surface area (TPSA) is 100.0 Å². The van der Waals surface area contributed by atoms with Gasteiger partial charge in [-0.25, -0.2) is 0 Å². The summed E-state index contributed by atoms with van der Waals surface area (Å²) in [5, 5.41) is 16.9. The third-order valence-electron chi connectivity index (χ3n) is 4.86. The largest absolute Gasteiger partial charge is 0.490 e. The summed E-state index contributed by atoms with van der Waals surface area (Å²) in [6.07, 6.45) is 0. The van der Waals surface area contributed by atoms with Crippen LogP contribution in [-0.4, -0.2) is 61.2 Å². The number of nitro benzene ring substituents is 1. The third-order valence-corrected chi connectivity index (χ3v) is 5.07. The Hall–Kier alpha value is -3.24. The van der Waals surface area contributed by atoms with Crippen molar-refractivity contribution in [3.63, 3.8) is 0 Å². The molecule has 0 saturated carbocycles. The molecule has 0 aliphatic carbocycles. The van der Waals surface area contributed by atoms with E-state index in [9.17, 15) is 14.9 Å². The average molecular weight is 430 g/mol. The second-order valence-corrected chi connectivity index (χ2v) is 7.27. The van der Waals surface area contributed by atoms with E-state index >= 15 is 0 Å². The van der Waals surface area contributed by atoms with Crippen LogP contribution in [0.2, 0.25) is 0 Å². The van der Waals surface area contributed by atoms with Crippen molar-refractivity contribution in [3.8, 4) is 5.75 Å². The van der Waals surface area contributed by atoms with Crippen LogP contribution in [-0.2, 0) is 0 Å². The van der Waals surface area contributed by atoms with Crippen molar-refractivity contribution in [1.29, 1.82) is 0 Å². The van der Waals surface area contributed by atoms with Crippen molar-refractivity contribution in [2.24, 2.45) is 0 Å². The van der Waals surface area contributed by atoms with Crippen LogP contribution < -0.4 is 20.3 Å². The number of thiocarbonyl (C=S) groups is 1. The summed E-state index contributed by atoms with van der Waals surface area (Å²) >= 11 is 5.30. The molecule has 1 fully saturated rings. The standard InChI is InChI=1S/C20H23N5O4S/c1-23-9-11-24(12-10-23)16-6-4-3-5-15(16)21-20(30)22-19(26)14-7-8-18(29-2)17(13-14)25(27)28/h3-8,13H,9-12H2,1-2H3,(H2,21,22,26,30). The lowest BCUT2D eigenvalue weighted by Gasteiger charge is -2.35. The minimum atomic E-state index is -0.599. The monoisotopic (exact) mass is 429 g/mol. The summed E-state index contributed by atoms with van der Waals surface area (Å²) in [6.45, 7) is 3.71. The molecule has 1 saturated heterocycles. The summed E-state index contributed by atoms with van der Waals surface area (Å²) in [4.78, 5) is 27.6. The highest BCUT2D eigenvalue weighted by Gasteiger charge is 2.20. The van der Waals surface area contributed by atoms with Crippen molar-refractivity contribution in [3.05, 3.63) is 58.1 Å². The molecule has 1 aliphatic rings. The van der Waals surface area contributed by atoms with Crippen LogP contribution in [0.4, 0.5) is 17.1 Å². The molecule has 0 radical (unpaired) electrons. The average Bonchev–Trinajstić information content (AvgIpc) is 2.74. The molecule has 0 atom stereocenters. The molecule has 1 amide bonds. The molecule has 1 aliphatic heterocycles. The van der Waals surface area contributed by atoms with E-state index in [1.807, 2.05) is 24.3 Å². The van der Waals surface area contributed by atoms with Gasteiger partial charge in [0.1, 0.15) is 0 Å². The highest BCUT2D eigenvalue weighted by Crippen LogP contribution is 2.28. The minimum Gasteiger partial charge on any atom is -0.490 e. The van der Waals surface area contributed by atoms with Crippen LogP contribution in [0.5, 0.6) is 5.75 Å². The van der Waals surface area contributed by atoms with E-state index in [1.165, 1.54) is 19.2 Å². The smallest absolute Gasteiger partial charge is 0.311 e. The number of benzene rings is 2. The van der Waals surface area contributed by atoms with Gasteiger partial charge in [-0.2, -0.15) is 0 Å².